The Balaban J connectivity index is 1.62. The number of halogens is 1. The van der Waals surface area contributed by atoms with Crippen molar-refractivity contribution in [3.63, 3.8) is 0 Å². The molecule has 0 radical (unpaired) electrons. The predicted molar refractivity (Wildman–Crippen MR) is 116 cm³/mol. The second kappa shape index (κ2) is 8.33. The highest BCUT2D eigenvalue weighted by atomic mass is 79.9. The minimum Gasteiger partial charge on any atom is -0.457 e. The zero-order valence-corrected chi connectivity index (χ0v) is 17.0. The molecule has 0 atom stereocenters. The molecule has 0 saturated carbocycles. The summed E-state index contributed by atoms with van der Waals surface area (Å²) < 4.78 is 8.80. The summed E-state index contributed by atoms with van der Waals surface area (Å²) in [5, 5.41) is 11.6. The third-order valence-electron chi connectivity index (χ3n) is 3.92. The fourth-order valence-electron chi connectivity index (χ4n) is 2.62. The van der Waals surface area contributed by atoms with Crippen molar-refractivity contribution in [2.45, 2.75) is 0 Å². The topological polar surface area (TPSA) is 55.2 Å². The zero-order valence-electron chi connectivity index (χ0n) is 14.6. The molecular weight excluding hydrogens is 436 g/mol. The van der Waals surface area contributed by atoms with Crippen LogP contribution in [-0.4, -0.2) is 21.1 Å². The number of nitrogens with zero attached hydrogens (tertiary/aromatic N) is 3. The van der Waals surface area contributed by atoms with Crippen LogP contribution in [0.1, 0.15) is 5.56 Å². The SMILES string of the molecule is S=c1[nH]nc(-c2ccccc2Br)n1N=Cc1cccc(Oc2ccccc2)c1. The Bertz CT molecular complexity index is 1180. The number of hydrogen-bond acceptors (Lipinski definition) is 4. The van der Waals surface area contributed by atoms with Crippen LogP contribution in [0.2, 0.25) is 0 Å². The van der Waals surface area contributed by atoms with Crippen LogP contribution in [0.15, 0.2) is 88.4 Å². The molecule has 4 rings (SSSR count). The fraction of sp³-hybridized carbons (Fsp3) is 0. The summed E-state index contributed by atoms with van der Waals surface area (Å²) in [6.07, 6.45) is 1.73. The fourth-order valence-corrected chi connectivity index (χ4v) is 3.26. The van der Waals surface area contributed by atoms with Gasteiger partial charge in [-0.2, -0.15) is 14.9 Å². The van der Waals surface area contributed by atoms with E-state index in [9.17, 15) is 0 Å². The van der Waals surface area contributed by atoms with E-state index in [4.69, 9.17) is 17.0 Å². The van der Waals surface area contributed by atoms with Crippen LogP contribution in [0.3, 0.4) is 0 Å². The molecule has 1 N–H and O–H groups in total. The molecule has 0 spiro atoms. The number of ether oxygens (including phenoxy) is 1. The number of H-pyrrole nitrogens is 1. The van der Waals surface area contributed by atoms with E-state index in [1.54, 1.807) is 10.9 Å². The molecule has 0 saturated heterocycles. The lowest BCUT2D eigenvalue weighted by Crippen LogP contribution is -1.96. The van der Waals surface area contributed by atoms with Crippen molar-refractivity contribution in [3.8, 4) is 22.9 Å². The quantitative estimate of drug-likeness (QED) is 0.297. The van der Waals surface area contributed by atoms with Gasteiger partial charge >= 0.3 is 0 Å². The van der Waals surface area contributed by atoms with Crippen molar-refractivity contribution in [1.82, 2.24) is 14.9 Å². The van der Waals surface area contributed by atoms with Crippen LogP contribution in [0.25, 0.3) is 11.4 Å². The molecule has 0 aliphatic heterocycles. The molecule has 0 unspecified atom stereocenters. The number of nitrogens with one attached hydrogen (secondary N) is 1. The monoisotopic (exact) mass is 450 g/mol. The van der Waals surface area contributed by atoms with Crippen molar-refractivity contribution in [3.05, 3.63) is 93.7 Å². The normalized spacial score (nSPS) is 11.0. The van der Waals surface area contributed by atoms with Gasteiger partial charge in [0.1, 0.15) is 11.5 Å². The van der Waals surface area contributed by atoms with Gasteiger partial charge in [0.15, 0.2) is 5.82 Å². The van der Waals surface area contributed by atoms with Gasteiger partial charge in [-0.05, 0) is 54.2 Å². The number of aromatic amines is 1. The van der Waals surface area contributed by atoms with E-state index in [1.165, 1.54) is 0 Å². The Morgan fingerprint density at radius 1 is 0.964 bits per heavy atom. The Hall–Kier alpha value is -3.03. The van der Waals surface area contributed by atoms with E-state index >= 15 is 0 Å². The second-order valence-electron chi connectivity index (χ2n) is 5.88. The summed E-state index contributed by atoms with van der Waals surface area (Å²) in [6.45, 7) is 0. The number of hydrogen-bond donors (Lipinski definition) is 1. The second-order valence-corrected chi connectivity index (χ2v) is 7.12. The molecule has 1 heterocycles. The first-order chi connectivity index (χ1) is 13.7. The van der Waals surface area contributed by atoms with E-state index in [0.29, 0.717) is 10.6 Å². The smallest absolute Gasteiger partial charge is 0.216 e. The predicted octanol–water partition coefficient (Wildman–Crippen LogP) is 6.04. The third kappa shape index (κ3) is 4.11. The summed E-state index contributed by atoms with van der Waals surface area (Å²) in [6, 6.07) is 25.1. The van der Waals surface area contributed by atoms with Gasteiger partial charge in [-0.15, -0.1) is 0 Å². The molecule has 0 fully saturated rings. The Morgan fingerprint density at radius 3 is 2.54 bits per heavy atom. The highest BCUT2D eigenvalue weighted by Gasteiger charge is 2.10. The van der Waals surface area contributed by atoms with Gasteiger partial charge in [0.25, 0.3) is 0 Å². The van der Waals surface area contributed by atoms with Crippen LogP contribution < -0.4 is 4.74 Å². The number of para-hydroxylation sites is 1. The van der Waals surface area contributed by atoms with Crippen molar-refractivity contribution in [1.29, 1.82) is 0 Å². The van der Waals surface area contributed by atoms with E-state index in [-0.39, 0.29) is 0 Å². The largest absolute Gasteiger partial charge is 0.457 e. The van der Waals surface area contributed by atoms with Gasteiger partial charge in [0, 0.05) is 10.0 Å². The summed E-state index contributed by atoms with van der Waals surface area (Å²) >= 11 is 8.88. The van der Waals surface area contributed by atoms with Crippen molar-refractivity contribution < 1.29 is 4.74 Å². The van der Waals surface area contributed by atoms with Crippen LogP contribution in [0.5, 0.6) is 11.5 Å². The molecule has 7 heteroatoms. The highest BCUT2D eigenvalue weighted by Crippen LogP contribution is 2.26. The summed E-state index contributed by atoms with van der Waals surface area (Å²) in [7, 11) is 0. The highest BCUT2D eigenvalue weighted by molar-refractivity contribution is 9.10. The van der Waals surface area contributed by atoms with Crippen LogP contribution in [0, 0.1) is 4.77 Å². The molecular formula is C21H15BrN4OS. The standard InChI is InChI=1S/C21H15BrN4OS/c22-19-12-5-4-11-18(19)20-24-25-21(28)26(20)23-14-15-7-6-10-17(13-15)27-16-8-2-1-3-9-16/h1-14H,(H,25,28). The lowest BCUT2D eigenvalue weighted by molar-refractivity contribution is 0.482. The first-order valence-corrected chi connectivity index (χ1v) is 9.70. The molecule has 4 aromatic rings. The van der Waals surface area contributed by atoms with E-state index in [2.05, 4.69) is 31.2 Å². The number of aromatic nitrogens is 3. The van der Waals surface area contributed by atoms with Crippen molar-refractivity contribution >= 4 is 34.4 Å². The number of rotatable bonds is 5. The summed E-state index contributed by atoms with van der Waals surface area (Å²) in [4.78, 5) is 0. The molecule has 5 nitrogen and oxygen atoms in total. The van der Waals surface area contributed by atoms with E-state index in [0.717, 1.165) is 27.1 Å². The summed E-state index contributed by atoms with van der Waals surface area (Å²) in [5.41, 5.74) is 1.78. The maximum absolute atomic E-state index is 5.87. The van der Waals surface area contributed by atoms with Crippen LogP contribution >= 0.6 is 28.1 Å². The van der Waals surface area contributed by atoms with Gasteiger partial charge in [0.05, 0.1) is 6.21 Å². The summed E-state index contributed by atoms with van der Waals surface area (Å²) in [5.74, 6) is 2.15. The van der Waals surface area contributed by atoms with Gasteiger partial charge in [-0.3, -0.25) is 0 Å². The first kappa shape index (κ1) is 18.3. The molecule has 3 aromatic carbocycles. The number of benzene rings is 3. The molecule has 0 aliphatic rings. The average Bonchev–Trinajstić information content (AvgIpc) is 3.08. The molecule has 0 bridgehead atoms. The molecule has 138 valence electrons. The van der Waals surface area contributed by atoms with E-state index in [1.807, 2.05) is 78.9 Å². The van der Waals surface area contributed by atoms with Crippen LogP contribution in [-0.2, 0) is 0 Å². The maximum atomic E-state index is 5.87. The van der Waals surface area contributed by atoms with Crippen molar-refractivity contribution in [2.75, 3.05) is 0 Å². The lowest BCUT2D eigenvalue weighted by atomic mass is 10.2. The van der Waals surface area contributed by atoms with Crippen molar-refractivity contribution in [2.24, 2.45) is 5.10 Å². The Labute approximate surface area is 175 Å². The third-order valence-corrected chi connectivity index (χ3v) is 4.88. The molecule has 0 amide bonds. The van der Waals surface area contributed by atoms with Gasteiger partial charge in [0.2, 0.25) is 4.77 Å². The molecule has 0 aliphatic carbocycles. The minimum atomic E-state index is 0.415. The Morgan fingerprint density at radius 2 is 1.71 bits per heavy atom. The first-order valence-electron chi connectivity index (χ1n) is 8.50. The van der Waals surface area contributed by atoms with Gasteiger partial charge in [-0.25, -0.2) is 5.10 Å². The maximum Gasteiger partial charge on any atom is 0.216 e. The van der Waals surface area contributed by atoms with Crippen LogP contribution in [0.4, 0.5) is 0 Å². The average molecular weight is 451 g/mol. The lowest BCUT2D eigenvalue weighted by Gasteiger charge is -2.06. The van der Waals surface area contributed by atoms with Gasteiger partial charge in [-0.1, -0.05) is 58.4 Å². The molecule has 1 aromatic heterocycles. The zero-order chi connectivity index (χ0) is 19.3. The minimum absolute atomic E-state index is 0.415. The Kier molecular flexibility index (Phi) is 5.45. The van der Waals surface area contributed by atoms with Gasteiger partial charge < -0.3 is 4.74 Å². The molecule has 28 heavy (non-hydrogen) atoms. The van der Waals surface area contributed by atoms with E-state index < -0.39 is 0 Å².